The Morgan fingerprint density at radius 1 is 1.60 bits per heavy atom. The van der Waals surface area contributed by atoms with Crippen molar-refractivity contribution >= 4 is 6.01 Å². The second-order valence-electron chi connectivity index (χ2n) is 1.94. The summed E-state index contributed by atoms with van der Waals surface area (Å²) in [4.78, 5) is 1.44. The molecule has 5 heteroatoms. The van der Waals surface area contributed by atoms with E-state index in [1.165, 1.54) is 4.90 Å². The largest absolute Gasteiger partial charge is 0.408 e. The quantitative estimate of drug-likeness (QED) is 0.579. The van der Waals surface area contributed by atoms with Gasteiger partial charge in [-0.25, -0.2) is 0 Å². The predicted molar refractivity (Wildman–Crippen MR) is 34.5 cm³/mol. The van der Waals surface area contributed by atoms with Gasteiger partial charge < -0.3 is 14.4 Å². The first-order valence-corrected chi connectivity index (χ1v) is 2.86. The summed E-state index contributed by atoms with van der Waals surface area (Å²) in [5, 5.41) is 15.8. The minimum atomic E-state index is -0.123. The van der Waals surface area contributed by atoms with Gasteiger partial charge in [-0.15, -0.1) is 5.10 Å². The van der Waals surface area contributed by atoms with Crippen LogP contribution < -0.4 is 4.90 Å². The molecule has 0 radical (unpaired) electrons. The Morgan fingerprint density at radius 3 is 2.70 bits per heavy atom. The molecule has 0 saturated carbocycles. The molecule has 0 amide bonds. The van der Waals surface area contributed by atoms with Crippen molar-refractivity contribution in [2.24, 2.45) is 0 Å². The molecule has 1 heterocycles. The van der Waals surface area contributed by atoms with Crippen molar-refractivity contribution in [3.05, 3.63) is 5.89 Å². The monoisotopic (exact) mass is 143 g/mol. The molecule has 0 fully saturated rings. The summed E-state index contributed by atoms with van der Waals surface area (Å²) in [6, 6.07) is 0.333. The maximum atomic E-state index is 8.60. The molecule has 1 aromatic rings. The first kappa shape index (κ1) is 7.01. The van der Waals surface area contributed by atoms with Crippen molar-refractivity contribution in [2.45, 2.75) is 6.92 Å². The lowest BCUT2D eigenvalue weighted by molar-refractivity contribution is 0.289. The van der Waals surface area contributed by atoms with Crippen molar-refractivity contribution < 1.29 is 9.52 Å². The lowest BCUT2D eigenvalue weighted by Gasteiger charge is -2.07. The summed E-state index contributed by atoms with van der Waals surface area (Å²) < 4.78 is 4.98. The number of rotatable bonds is 2. The van der Waals surface area contributed by atoms with Crippen LogP contribution in [0.1, 0.15) is 5.89 Å². The van der Waals surface area contributed by atoms with Crippen molar-refractivity contribution in [1.82, 2.24) is 10.2 Å². The van der Waals surface area contributed by atoms with Gasteiger partial charge in [-0.2, -0.15) is 0 Å². The van der Waals surface area contributed by atoms with Crippen molar-refractivity contribution in [2.75, 3.05) is 18.7 Å². The Labute approximate surface area is 58.3 Å². The molecule has 0 saturated heterocycles. The number of hydrogen-bond acceptors (Lipinski definition) is 5. The van der Waals surface area contributed by atoms with Crippen molar-refractivity contribution in [1.29, 1.82) is 0 Å². The van der Waals surface area contributed by atoms with E-state index in [1.807, 2.05) is 0 Å². The number of nitrogens with zero attached hydrogens (tertiary/aromatic N) is 3. The van der Waals surface area contributed by atoms with E-state index >= 15 is 0 Å². The highest BCUT2D eigenvalue weighted by atomic mass is 16.4. The zero-order chi connectivity index (χ0) is 7.56. The van der Waals surface area contributed by atoms with Crippen LogP contribution in [0.25, 0.3) is 0 Å². The van der Waals surface area contributed by atoms with Gasteiger partial charge in [0, 0.05) is 14.0 Å². The van der Waals surface area contributed by atoms with E-state index in [2.05, 4.69) is 10.2 Å². The van der Waals surface area contributed by atoms with Crippen LogP contribution in [0.5, 0.6) is 0 Å². The number of hydrogen-bond donors (Lipinski definition) is 1. The number of aromatic nitrogens is 2. The van der Waals surface area contributed by atoms with Gasteiger partial charge in [0.05, 0.1) is 0 Å². The maximum Gasteiger partial charge on any atom is 0.319 e. The fourth-order valence-corrected chi connectivity index (χ4v) is 0.501. The molecule has 0 bridgehead atoms. The molecule has 0 aromatic carbocycles. The predicted octanol–water partition coefficient (Wildman–Crippen LogP) is -0.236. The Balaban J connectivity index is 2.74. The molecule has 5 nitrogen and oxygen atoms in total. The third-order valence-electron chi connectivity index (χ3n) is 1.05. The molecule has 1 N–H and O–H groups in total. The Morgan fingerprint density at radius 2 is 2.30 bits per heavy atom. The summed E-state index contributed by atoms with van der Waals surface area (Å²) in [7, 11) is 1.66. The first-order chi connectivity index (χ1) is 4.74. The van der Waals surface area contributed by atoms with Gasteiger partial charge in [0.25, 0.3) is 0 Å². The van der Waals surface area contributed by atoms with E-state index in [0.29, 0.717) is 11.9 Å². The molecule has 10 heavy (non-hydrogen) atoms. The van der Waals surface area contributed by atoms with Gasteiger partial charge in [-0.05, 0) is 0 Å². The number of anilines is 1. The zero-order valence-corrected chi connectivity index (χ0v) is 5.90. The molecule has 1 rings (SSSR count). The number of aryl methyl sites for hydroxylation is 1. The second-order valence-corrected chi connectivity index (χ2v) is 1.94. The van der Waals surface area contributed by atoms with E-state index in [1.54, 1.807) is 14.0 Å². The summed E-state index contributed by atoms with van der Waals surface area (Å²) >= 11 is 0. The molecule has 0 atom stereocenters. The van der Waals surface area contributed by atoms with Crippen LogP contribution >= 0.6 is 0 Å². The average Bonchev–Trinajstić information content (AvgIpc) is 2.34. The normalized spacial score (nSPS) is 9.90. The first-order valence-electron chi connectivity index (χ1n) is 2.86. The van der Waals surface area contributed by atoms with Crippen LogP contribution in [0.3, 0.4) is 0 Å². The molecular weight excluding hydrogens is 134 g/mol. The van der Waals surface area contributed by atoms with Gasteiger partial charge in [-0.1, -0.05) is 5.10 Å². The van der Waals surface area contributed by atoms with Gasteiger partial charge in [0.2, 0.25) is 5.89 Å². The van der Waals surface area contributed by atoms with Gasteiger partial charge in [0.15, 0.2) is 0 Å². The lowest BCUT2D eigenvalue weighted by Crippen LogP contribution is -2.17. The van der Waals surface area contributed by atoms with Crippen LogP contribution in [-0.2, 0) is 0 Å². The molecular formula is C5H9N3O2. The average molecular weight is 143 g/mol. The smallest absolute Gasteiger partial charge is 0.319 e. The van der Waals surface area contributed by atoms with Crippen LogP contribution in [0.15, 0.2) is 4.42 Å². The Hall–Kier alpha value is -1.10. The van der Waals surface area contributed by atoms with E-state index < -0.39 is 0 Å². The SMILES string of the molecule is Cc1nnc(N(C)CO)o1. The molecule has 0 aliphatic heterocycles. The molecule has 0 aliphatic rings. The zero-order valence-electron chi connectivity index (χ0n) is 5.90. The van der Waals surface area contributed by atoms with Crippen LogP contribution in [-0.4, -0.2) is 29.1 Å². The summed E-state index contributed by atoms with van der Waals surface area (Å²) in [6.45, 7) is 1.57. The summed E-state index contributed by atoms with van der Waals surface area (Å²) in [5.41, 5.74) is 0. The third-order valence-corrected chi connectivity index (χ3v) is 1.05. The van der Waals surface area contributed by atoms with Gasteiger partial charge >= 0.3 is 6.01 Å². The van der Waals surface area contributed by atoms with Crippen molar-refractivity contribution in [3.8, 4) is 0 Å². The molecule has 0 spiro atoms. The van der Waals surface area contributed by atoms with Crippen molar-refractivity contribution in [3.63, 3.8) is 0 Å². The summed E-state index contributed by atoms with van der Waals surface area (Å²) in [5.74, 6) is 0.496. The molecule has 0 unspecified atom stereocenters. The molecule has 0 aliphatic carbocycles. The lowest BCUT2D eigenvalue weighted by atomic mass is 10.8. The third kappa shape index (κ3) is 1.24. The van der Waals surface area contributed by atoms with E-state index in [0.717, 1.165) is 0 Å². The van der Waals surface area contributed by atoms with E-state index in [-0.39, 0.29) is 6.73 Å². The van der Waals surface area contributed by atoms with Gasteiger partial charge in [-0.3, -0.25) is 0 Å². The maximum absolute atomic E-state index is 8.60. The molecule has 56 valence electrons. The number of aliphatic hydroxyl groups is 1. The number of aliphatic hydroxyl groups excluding tert-OH is 1. The van der Waals surface area contributed by atoms with Crippen LogP contribution in [0, 0.1) is 6.92 Å². The molecule has 1 aromatic heterocycles. The second kappa shape index (κ2) is 2.66. The minimum Gasteiger partial charge on any atom is -0.408 e. The van der Waals surface area contributed by atoms with E-state index in [4.69, 9.17) is 9.52 Å². The van der Waals surface area contributed by atoms with E-state index in [9.17, 15) is 0 Å². The highest BCUT2D eigenvalue weighted by molar-refractivity contribution is 5.19. The van der Waals surface area contributed by atoms with Crippen LogP contribution in [0.4, 0.5) is 6.01 Å². The Bertz CT molecular complexity index is 210. The fraction of sp³-hybridized carbons (Fsp3) is 0.600. The summed E-state index contributed by atoms with van der Waals surface area (Å²) in [6.07, 6.45) is 0. The minimum absolute atomic E-state index is 0.123. The van der Waals surface area contributed by atoms with Crippen LogP contribution in [0.2, 0.25) is 0 Å². The standard InChI is InChI=1S/C5H9N3O2/c1-4-6-7-5(10-4)8(2)3-9/h9H,3H2,1-2H3. The fourth-order valence-electron chi connectivity index (χ4n) is 0.501. The van der Waals surface area contributed by atoms with Gasteiger partial charge in [0.1, 0.15) is 6.73 Å². The highest BCUT2D eigenvalue weighted by Crippen LogP contribution is 2.07. The highest BCUT2D eigenvalue weighted by Gasteiger charge is 2.05. The Kier molecular flexibility index (Phi) is 1.86. The topological polar surface area (TPSA) is 62.4 Å².